The highest BCUT2D eigenvalue weighted by molar-refractivity contribution is 5.87. The molecule has 0 fully saturated rings. The Morgan fingerprint density at radius 3 is 2.50 bits per heavy atom. The smallest absolute Gasteiger partial charge is 0.335 e. The molecule has 0 aliphatic carbocycles. The number of carboxylic acids is 1. The maximum atomic E-state index is 10.5. The molecule has 0 aromatic heterocycles. The molecular weight excluding hydrogens is 180 g/mol. The van der Waals surface area contributed by atoms with E-state index in [-0.39, 0.29) is 11.7 Å². The lowest BCUT2D eigenvalue weighted by Gasteiger charge is -2.08. The molecule has 1 atom stereocenters. The summed E-state index contributed by atoms with van der Waals surface area (Å²) in [6, 6.07) is 6.11. The molecule has 0 spiro atoms. The Labute approximate surface area is 82.3 Å². The summed E-state index contributed by atoms with van der Waals surface area (Å²) in [6.45, 7) is 1.74. The number of hydrogen-bond donors (Lipinski definition) is 1. The van der Waals surface area contributed by atoms with Crippen LogP contribution in [0.3, 0.4) is 0 Å². The van der Waals surface area contributed by atoms with Crippen LogP contribution in [0, 0.1) is 12.3 Å². The van der Waals surface area contributed by atoms with E-state index < -0.39 is 5.97 Å². The van der Waals surface area contributed by atoms with E-state index in [0.29, 0.717) is 5.75 Å². The number of hydrogen-bond acceptors (Lipinski definition) is 2. The highest BCUT2D eigenvalue weighted by atomic mass is 16.5. The lowest BCUT2D eigenvalue weighted by molar-refractivity contribution is 0.0697. The molecule has 1 unspecified atom stereocenters. The van der Waals surface area contributed by atoms with Gasteiger partial charge >= 0.3 is 5.97 Å². The van der Waals surface area contributed by atoms with Crippen LogP contribution in [0.4, 0.5) is 0 Å². The summed E-state index contributed by atoms with van der Waals surface area (Å²) in [5.74, 6) is 2.03. The first-order valence-electron chi connectivity index (χ1n) is 4.09. The molecule has 3 heteroatoms. The third kappa shape index (κ3) is 2.53. The minimum absolute atomic E-state index is 0.228. The van der Waals surface area contributed by atoms with Crippen molar-refractivity contribution in [3.63, 3.8) is 0 Å². The topological polar surface area (TPSA) is 46.5 Å². The second kappa shape index (κ2) is 4.33. The molecule has 1 rings (SSSR count). The standard InChI is InChI=1S/C11H10O3/c1-3-8(2)14-10-6-4-9(5-7-10)11(12)13/h1,4-8H,2H3,(H,12,13). The fourth-order valence-electron chi connectivity index (χ4n) is 0.914. The molecule has 3 nitrogen and oxygen atoms in total. The van der Waals surface area contributed by atoms with Gasteiger partial charge in [0, 0.05) is 0 Å². The predicted molar refractivity (Wildman–Crippen MR) is 52.3 cm³/mol. The van der Waals surface area contributed by atoms with Gasteiger partial charge in [0.25, 0.3) is 0 Å². The van der Waals surface area contributed by atoms with Gasteiger partial charge in [0.15, 0.2) is 6.10 Å². The number of benzene rings is 1. The molecule has 1 aromatic carbocycles. The molecule has 0 amide bonds. The predicted octanol–water partition coefficient (Wildman–Crippen LogP) is 1.79. The molecule has 72 valence electrons. The Balaban J connectivity index is 2.75. The van der Waals surface area contributed by atoms with E-state index in [9.17, 15) is 4.79 Å². The van der Waals surface area contributed by atoms with Gasteiger partial charge in [0.05, 0.1) is 5.56 Å². The van der Waals surface area contributed by atoms with Crippen LogP contribution in [-0.4, -0.2) is 17.2 Å². The van der Waals surface area contributed by atoms with Crippen LogP contribution in [0.15, 0.2) is 24.3 Å². The number of rotatable bonds is 3. The van der Waals surface area contributed by atoms with Crippen LogP contribution in [0.1, 0.15) is 17.3 Å². The van der Waals surface area contributed by atoms with Gasteiger partial charge in [-0.1, -0.05) is 5.92 Å². The van der Waals surface area contributed by atoms with E-state index in [4.69, 9.17) is 16.3 Å². The molecule has 0 bridgehead atoms. The SMILES string of the molecule is C#CC(C)Oc1ccc(C(=O)O)cc1. The minimum atomic E-state index is -0.957. The summed E-state index contributed by atoms with van der Waals surface area (Å²) in [7, 11) is 0. The van der Waals surface area contributed by atoms with E-state index in [1.165, 1.54) is 12.1 Å². The van der Waals surface area contributed by atoms with Crippen molar-refractivity contribution in [1.82, 2.24) is 0 Å². The molecule has 0 heterocycles. The van der Waals surface area contributed by atoms with Crippen molar-refractivity contribution < 1.29 is 14.6 Å². The zero-order valence-electron chi connectivity index (χ0n) is 7.73. The minimum Gasteiger partial charge on any atom is -0.478 e. The van der Waals surface area contributed by atoms with Crippen molar-refractivity contribution in [2.75, 3.05) is 0 Å². The number of aromatic carboxylic acids is 1. The second-order valence-corrected chi connectivity index (χ2v) is 2.76. The third-order valence-corrected chi connectivity index (χ3v) is 1.65. The third-order valence-electron chi connectivity index (χ3n) is 1.65. The highest BCUT2D eigenvalue weighted by Crippen LogP contribution is 2.13. The highest BCUT2D eigenvalue weighted by Gasteiger charge is 2.03. The molecule has 1 aromatic rings. The van der Waals surface area contributed by atoms with E-state index in [1.807, 2.05) is 0 Å². The van der Waals surface area contributed by atoms with E-state index in [2.05, 4.69) is 5.92 Å². The van der Waals surface area contributed by atoms with Crippen molar-refractivity contribution in [2.45, 2.75) is 13.0 Å². The van der Waals surface area contributed by atoms with Crippen LogP contribution >= 0.6 is 0 Å². The first-order valence-corrected chi connectivity index (χ1v) is 4.09. The van der Waals surface area contributed by atoms with Gasteiger partial charge in [-0.2, -0.15) is 0 Å². The van der Waals surface area contributed by atoms with Crippen LogP contribution in [-0.2, 0) is 0 Å². The maximum Gasteiger partial charge on any atom is 0.335 e. The molecule has 0 aliphatic heterocycles. The van der Waals surface area contributed by atoms with Crippen LogP contribution in [0.5, 0.6) is 5.75 Å². The second-order valence-electron chi connectivity index (χ2n) is 2.76. The summed E-state index contributed by atoms with van der Waals surface area (Å²) < 4.78 is 5.27. The fraction of sp³-hybridized carbons (Fsp3) is 0.182. The van der Waals surface area contributed by atoms with E-state index in [1.54, 1.807) is 19.1 Å². The van der Waals surface area contributed by atoms with Gasteiger partial charge in [0.1, 0.15) is 5.75 Å². The molecule has 1 N–H and O–H groups in total. The van der Waals surface area contributed by atoms with Gasteiger partial charge in [-0.3, -0.25) is 0 Å². The average molecular weight is 190 g/mol. The first kappa shape index (κ1) is 10.1. The molecule has 0 saturated carbocycles. The van der Waals surface area contributed by atoms with Crippen LogP contribution in [0.25, 0.3) is 0 Å². The molecule has 0 aliphatic rings. The number of carboxylic acid groups (broad SMARTS) is 1. The number of ether oxygens (including phenoxy) is 1. The molecule has 0 saturated heterocycles. The molecule has 0 radical (unpaired) electrons. The summed E-state index contributed by atoms with van der Waals surface area (Å²) in [4.78, 5) is 10.5. The van der Waals surface area contributed by atoms with E-state index in [0.717, 1.165) is 0 Å². The largest absolute Gasteiger partial charge is 0.478 e. The van der Waals surface area contributed by atoms with Crippen molar-refractivity contribution in [2.24, 2.45) is 0 Å². The fourth-order valence-corrected chi connectivity index (χ4v) is 0.914. The Bertz CT molecular complexity index is 359. The van der Waals surface area contributed by atoms with Gasteiger partial charge in [-0.25, -0.2) is 4.79 Å². The lowest BCUT2D eigenvalue weighted by Crippen LogP contribution is -2.08. The van der Waals surface area contributed by atoms with Gasteiger partial charge in [0.2, 0.25) is 0 Å². The van der Waals surface area contributed by atoms with Gasteiger partial charge < -0.3 is 9.84 Å². The van der Waals surface area contributed by atoms with E-state index >= 15 is 0 Å². The zero-order valence-corrected chi connectivity index (χ0v) is 7.73. The summed E-state index contributed by atoms with van der Waals surface area (Å²) >= 11 is 0. The maximum absolute atomic E-state index is 10.5. The summed E-state index contributed by atoms with van der Waals surface area (Å²) in [5, 5.41) is 8.63. The summed E-state index contributed by atoms with van der Waals surface area (Å²) in [6.07, 6.45) is 4.81. The van der Waals surface area contributed by atoms with Crippen molar-refractivity contribution in [3.05, 3.63) is 29.8 Å². The van der Waals surface area contributed by atoms with Crippen LogP contribution in [0.2, 0.25) is 0 Å². The Kier molecular flexibility index (Phi) is 3.14. The Morgan fingerprint density at radius 1 is 1.50 bits per heavy atom. The molecule has 14 heavy (non-hydrogen) atoms. The molecular formula is C11H10O3. The lowest BCUT2D eigenvalue weighted by atomic mass is 10.2. The Morgan fingerprint density at radius 2 is 2.07 bits per heavy atom. The van der Waals surface area contributed by atoms with Crippen LogP contribution < -0.4 is 4.74 Å². The summed E-state index contributed by atoms with van der Waals surface area (Å²) in [5.41, 5.74) is 0.228. The van der Waals surface area contributed by atoms with Crippen molar-refractivity contribution >= 4 is 5.97 Å². The van der Waals surface area contributed by atoms with Gasteiger partial charge in [-0.15, -0.1) is 6.42 Å². The number of terminal acetylenes is 1. The Hall–Kier alpha value is -1.95. The monoisotopic (exact) mass is 190 g/mol. The van der Waals surface area contributed by atoms with Crippen molar-refractivity contribution in [1.29, 1.82) is 0 Å². The quantitative estimate of drug-likeness (QED) is 0.739. The number of carbonyl (C=O) groups is 1. The first-order chi connectivity index (χ1) is 6.63. The normalized spacial score (nSPS) is 11.4. The zero-order chi connectivity index (χ0) is 10.6. The van der Waals surface area contributed by atoms with Gasteiger partial charge in [-0.05, 0) is 31.2 Å². The van der Waals surface area contributed by atoms with Crippen molar-refractivity contribution in [3.8, 4) is 18.1 Å². The average Bonchev–Trinajstić information content (AvgIpc) is 2.18.